The number of carbonyl (C=O) groups excluding carboxylic acids is 2. The number of nitrogens with two attached hydrogens (primary N) is 1. The van der Waals surface area contributed by atoms with Crippen LogP contribution in [0.5, 0.6) is 0 Å². The number of likely N-dealkylation sites (tertiary alicyclic amines) is 1. The van der Waals surface area contributed by atoms with Crippen LogP contribution in [0.25, 0.3) is 0 Å². The van der Waals surface area contributed by atoms with Crippen LogP contribution >= 0.6 is 0 Å². The number of nitrogens with one attached hydrogen (secondary N) is 1. The minimum absolute atomic E-state index is 0.120. The lowest BCUT2D eigenvalue weighted by molar-refractivity contribution is -0.130. The van der Waals surface area contributed by atoms with E-state index in [4.69, 9.17) is 5.73 Å². The predicted octanol–water partition coefficient (Wildman–Crippen LogP) is 0.880. The van der Waals surface area contributed by atoms with E-state index < -0.39 is 0 Å². The normalized spacial score (nSPS) is 26.6. The summed E-state index contributed by atoms with van der Waals surface area (Å²) >= 11 is 0. The Morgan fingerprint density at radius 1 is 1.10 bits per heavy atom. The largest absolute Gasteiger partial charge is 0.355 e. The van der Waals surface area contributed by atoms with E-state index in [-0.39, 0.29) is 17.7 Å². The number of hydrogen-bond acceptors (Lipinski definition) is 3. The lowest BCUT2D eigenvalue weighted by Crippen LogP contribution is -2.37. The molecule has 20 heavy (non-hydrogen) atoms. The molecule has 1 heterocycles. The zero-order valence-electron chi connectivity index (χ0n) is 12.3. The first kappa shape index (κ1) is 15.3. The summed E-state index contributed by atoms with van der Waals surface area (Å²) in [7, 11) is 0. The number of nitrogens with zero attached hydrogens (tertiary/aromatic N) is 1. The zero-order valence-corrected chi connectivity index (χ0v) is 12.3. The van der Waals surface area contributed by atoms with Crippen LogP contribution in [-0.2, 0) is 9.59 Å². The summed E-state index contributed by atoms with van der Waals surface area (Å²) < 4.78 is 0. The van der Waals surface area contributed by atoms with Crippen LogP contribution in [-0.4, -0.2) is 42.9 Å². The molecule has 0 aromatic heterocycles. The van der Waals surface area contributed by atoms with Crippen LogP contribution in [0, 0.1) is 11.8 Å². The summed E-state index contributed by atoms with van der Waals surface area (Å²) in [6.07, 6.45) is 6.65. The van der Waals surface area contributed by atoms with Crippen molar-refractivity contribution in [1.29, 1.82) is 0 Å². The summed E-state index contributed by atoms with van der Waals surface area (Å²) in [4.78, 5) is 25.8. The Labute approximate surface area is 121 Å². The maximum absolute atomic E-state index is 12.0. The molecule has 2 amide bonds. The molecule has 0 atom stereocenters. The van der Waals surface area contributed by atoms with Gasteiger partial charge in [-0.2, -0.15) is 0 Å². The van der Waals surface area contributed by atoms with Crippen molar-refractivity contribution in [1.82, 2.24) is 10.2 Å². The van der Waals surface area contributed by atoms with Gasteiger partial charge in [-0.3, -0.25) is 9.59 Å². The number of rotatable bonds is 5. The van der Waals surface area contributed by atoms with Crippen molar-refractivity contribution in [2.45, 2.75) is 44.9 Å². The van der Waals surface area contributed by atoms with Gasteiger partial charge in [-0.25, -0.2) is 0 Å². The van der Waals surface area contributed by atoms with Gasteiger partial charge in [-0.15, -0.1) is 0 Å². The molecule has 2 fully saturated rings. The number of amides is 2. The van der Waals surface area contributed by atoms with Crippen molar-refractivity contribution in [2.75, 3.05) is 26.2 Å². The minimum atomic E-state index is 0.120. The third kappa shape index (κ3) is 4.20. The Morgan fingerprint density at radius 3 is 2.35 bits per heavy atom. The van der Waals surface area contributed by atoms with E-state index in [2.05, 4.69) is 5.32 Å². The fraction of sp³-hybridized carbons (Fsp3) is 0.867. The molecule has 2 rings (SSSR count). The first-order valence-corrected chi connectivity index (χ1v) is 7.96. The second kappa shape index (κ2) is 7.62. The second-order valence-electron chi connectivity index (χ2n) is 6.08. The summed E-state index contributed by atoms with van der Waals surface area (Å²) in [6.45, 7) is 2.98. The molecule has 0 bridgehead atoms. The van der Waals surface area contributed by atoms with Crippen molar-refractivity contribution in [3.63, 3.8) is 0 Å². The molecule has 1 aliphatic heterocycles. The summed E-state index contributed by atoms with van der Waals surface area (Å²) in [6, 6.07) is 0. The molecular weight excluding hydrogens is 254 g/mol. The van der Waals surface area contributed by atoms with E-state index in [9.17, 15) is 9.59 Å². The van der Waals surface area contributed by atoms with E-state index in [0.29, 0.717) is 18.9 Å². The van der Waals surface area contributed by atoms with Crippen LogP contribution < -0.4 is 11.1 Å². The number of hydrogen-bond donors (Lipinski definition) is 2. The standard InChI is InChI=1S/C15H27N3O2/c16-11-12-3-5-13(6-4-12)15(20)17-8-7-14(19)18-9-1-2-10-18/h12-13H,1-11,16H2,(H,17,20). The average Bonchev–Trinajstić information content (AvgIpc) is 3.01. The molecule has 0 aromatic rings. The summed E-state index contributed by atoms with van der Waals surface area (Å²) in [5, 5.41) is 2.92. The molecular formula is C15H27N3O2. The van der Waals surface area contributed by atoms with Gasteiger partial charge in [0.15, 0.2) is 0 Å². The smallest absolute Gasteiger partial charge is 0.224 e. The molecule has 5 heteroatoms. The molecule has 1 aliphatic carbocycles. The fourth-order valence-electron chi connectivity index (χ4n) is 3.22. The highest BCUT2D eigenvalue weighted by atomic mass is 16.2. The van der Waals surface area contributed by atoms with E-state index in [1.54, 1.807) is 0 Å². The van der Waals surface area contributed by atoms with E-state index in [0.717, 1.165) is 58.2 Å². The van der Waals surface area contributed by atoms with Gasteiger partial charge in [0.2, 0.25) is 11.8 Å². The zero-order chi connectivity index (χ0) is 14.4. The van der Waals surface area contributed by atoms with Gasteiger partial charge in [0.25, 0.3) is 0 Å². The Balaban J connectivity index is 1.61. The van der Waals surface area contributed by atoms with Crippen LogP contribution in [0.1, 0.15) is 44.9 Å². The lowest BCUT2D eigenvalue weighted by atomic mass is 9.81. The maximum Gasteiger partial charge on any atom is 0.224 e. The van der Waals surface area contributed by atoms with Crippen LogP contribution in [0.15, 0.2) is 0 Å². The first-order chi connectivity index (χ1) is 9.70. The Morgan fingerprint density at radius 2 is 1.75 bits per heavy atom. The Bertz CT molecular complexity index is 332. The molecule has 0 unspecified atom stereocenters. The quantitative estimate of drug-likeness (QED) is 0.785. The molecule has 114 valence electrons. The molecule has 0 radical (unpaired) electrons. The predicted molar refractivity (Wildman–Crippen MR) is 77.9 cm³/mol. The average molecular weight is 281 g/mol. The van der Waals surface area contributed by atoms with Crippen LogP contribution in [0.4, 0.5) is 0 Å². The highest BCUT2D eigenvalue weighted by Crippen LogP contribution is 2.28. The topological polar surface area (TPSA) is 75.4 Å². The highest BCUT2D eigenvalue weighted by molar-refractivity contribution is 5.80. The molecule has 1 saturated carbocycles. The van der Waals surface area contributed by atoms with Gasteiger partial charge in [0, 0.05) is 32.0 Å². The summed E-state index contributed by atoms with van der Waals surface area (Å²) in [5.41, 5.74) is 5.66. The molecule has 5 nitrogen and oxygen atoms in total. The van der Waals surface area contributed by atoms with Crippen LogP contribution in [0.2, 0.25) is 0 Å². The van der Waals surface area contributed by atoms with Crippen LogP contribution in [0.3, 0.4) is 0 Å². The van der Waals surface area contributed by atoms with Crippen molar-refractivity contribution >= 4 is 11.8 Å². The third-order valence-corrected chi connectivity index (χ3v) is 4.65. The van der Waals surface area contributed by atoms with Gasteiger partial charge in [-0.05, 0) is 51.0 Å². The van der Waals surface area contributed by atoms with E-state index in [1.807, 2.05) is 4.90 Å². The van der Waals surface area contributed by atoms with Gasteiger partial charge in [0.1, 0.15) is 0 Å². The molecule has 2 aliphatic rings. The van der Waals surface area contributed by atoms with E-state index in [1.165, 1.54) is 0 Å². The first-order valence-electron chi connectivity index (χ1n) is 7.96. The van der Waals surface area contributed by atoms with Crippen molar-refractivity contribution in [3.8, 4) is 0 Å². The van der Waals surface area contributed by atoms with Gasteiger partial charge in [0.05, 0.1) is 0 Å². The Kier molecular flexibility index (Phi) is 5.83. The molecule has 1 saturated heterocycles. The van der Waals surface area contributed by atoms with Gasteiger partial charge < -0.3 is 16.0 Å². The van der Waals surface area contributed by atoms with Gasteiger partial charge in [-0.1, -0.05) is 0 Å². The molecule has 3 N–H and O–H groups in total. The SMILES string of the molecule is NCC1CCC(C(=O)NCCC(=O)N2CCCC2)CC1. The van der Waals surface area contributed by atoms with E-state index >= 15 is 0 Å². The van der Waals surface area contributed by atoms with Crippen molar-refractivity contribution in [2.24, 2.45) is 17.6 Å². The second-order valence-corrected chi connectivity index (χ2v) is 6.08. The third-order valence-electron chi connectivity index (χ3n) is 4.65. The fourth-order valence-corrected chi connectivity index (χ4v) is 3.22. The molecule has 0 spiro atoms. The number of carbonyl (C=O) groups is 2. The van der Waals surface area contributed by atoms with Gasteiger partial charge >= 0.3 is 0 Å². The summed E-state index contributed by atoms with van der Waals surface area (Å²) in [5.74, 6) is 1.01. The van der Waals surface area contributed by atoms with Crippen molar-refractivity contribution in [3.05, 3.63) is 0 Å². The van der Waals surface area contributed by atoms with Crippen molar-refractivity contribution < 1.29 is 9.59 Å². The molecule has 0 aromatic carbocycles. The minimum Gasteiger partial charge on any atom is -0.355 e. The lowest BCUT2D eigenvalue weighted by Gasteiger charge is -2.26. The highest BCUT2D eigenvalue weighted by Gasteiger charge is 2.25. The monoisotopic (exact) mass is 281 g/mol. The maximum atomic E-state index is 12.0. The Hall–Kier alpha value is -1.10.